The standard InChI is InChI=1S/C46H65NO8S.ClH/c1-41(2)35-15-19-46(7)38(44(35,5)18-16-36(41)55-39(50)31(47)17-24-56-10)32(48)26-29-30-27-43(4,21-20-42(30,3)22-23-45(29,46)6)40(51)54-34-25-28(11-13-33(34)52-8)12-14-37(49)53-9;/h11-14,25-26,30-31,35-36,38H,15-24,27,47H2,1-10H3;1H/b14-12+;/t30-,31+,35+,36+,38-,42-,43+,44+,45-,46-;/m1./s1. The van der Waals surface area contributed by atoms with E-state index < -0.39 is 17.4 Å². The van der Waals surface area contributed by atoms with E-state index in [1.165, 1.54) is 25.9 Å². The maximum absolute atomic E-state index is 15.0. The van der Waals surface area contributed by atoms with Crippen molar-refractivity contribution >= 4 is 53.9 Å². The van der Waals surface area contributed by atoms with Crippen LogP contribution in [0.3, 0.4) is 0 Å². The number of carbonyl (C=O) groups is 4. The van der Waals surface area contributed by atoms with Crippen LogP contribution in [0.1, 0.15) is 118 Å². The van der Waals surface area contributed by atoms with E-state index in [0.29, 0.717) is 42.7 Å². The van der Waals surface area contributed by atoms with E-state index in [-0.39, 0.29) is 81.1 Å². The van der Waals surface area contributed by atoms with Crippen molar-refractivity contribution < 1.29 is 38.1 Å². The van der Waals surface area contributed by atoms with Crippen LogP contribution in [0.15, 0.2) is 35.9 Å². The van der Waals surface area contributed by atoms with Crippen LogP contribution >= 0.6 is 24.2 Å². The Labute approximate surface area is 350 Å². The largest absolute Gasteiger partial charge is 0.493 e. The van der Waals surface area contributed by atoms with Gasteiger partial charge in [-0.15, -0.1) is 12.4 Å². The Morgan fingerprint density at radius 2 is 1.65 bits per heavy atom. The minimum atomic E-state index is -0.783. The van der Waals surface area contributed by atoms with Gasteiger partial charge in [-0.25, -0.2) is 4.79 Å². The number of hydrogen-bond donors (Lipinski definition) is 1. The van der Waals surface area contributed by atoms with Gasteiger partial charge in [0.15, 0.2) is 17.3 Å². The molecule has 11 heteroatoms. The van der Waals surface area contributed by atoms with Crippen LogP contribution in [-0.2, 0) is 28.7 Å². The lowest BCUT2D eigenvalue weighted by atomic mass is 9.33. The van der Waals surface area contributed by atoms with Crippen molar-refractivity contribution in [3.05, 3.63) is 41.5 Å². The molecule has 9 nitrogen and oxygen atoms in total. The van der Waals surface area contributed by atoms with Gasteiger partial charge in [-0.05, 0) is 146 Å². The Kier molecular flexibility index (Phi) is 13.0. The van der Waals surface area contributed by atoms with Crippen LogP contribution in [0.4, 0.5) is 0 Å². The van der Waals surface area contributed by atoms with Gasteiger partial charge in [-0.3, -0.25) is 14.4 Å². The zero-order valence-electron chi connectivity index (χ0n) is 35.8. The zero-order chi connectivity index (χ0) is 41.1. The van der Waals surface area contributed by atoms with Gasteiger partial charge >= 0.3 is 17.9 Å². The fourth-order valence-electron chi connectivity index (χ4n) is 12.5. The maximum Gasteiger partial charge on any atom is 0.330 e. The molecular formula is C46H66ClNO8S. The Morgan fingerprint density at radius 3 is 2.32 bits per heavy atom. The lowest BCUT2D eigenvalue weighted by Crippen LogP contribution is -2.67. The molecule has 4 fully saturated rings. The summed E-state index contributed by atoms with van der Waals surface area (Å²) < 4.78 is 22.7. The van der Waals surface area contributed by atoms with E-state index in [4.69, 9.17) is 24.7 Å². The van der Waals surface area contributed by atoms with Crippen molar-refractivity contribution in [3.8, 4) is 11.5 Å². The van der Waals surface area contributed by atoms with Crippen LogP contribution in [0.25, 0.3) is 6.08 Å². The summed E-state index contributed by atoms with van der Waals surface area (Å²) in [6, 6.07) is 4.58. The lowest BCUT2D eigenvalue weighted by molar-refractivity contribution is -0.211. The second-order valence-corrected chi connectivity index (χ2v) is 20.6. The molecular weight excluding hydrogens is 762 g/mol. The van der Waals surface area contributed by atoms with Gasteiger partial charge < -0.3 is 24.7 Å². The third-order valence-electron chi connectivity index (χ3n) is 16.2. The molecule has 6 rings (SSSR count). The predicted octanol–water partition coefficient (Wildman–Crippen LogP) is 9.18. The molecule has 57 heavy (non-hydrogen) atoms. The van der Waals surface area contributed by atoms with Gasteiger partial charge in [0.05, 0.1) is 19.6 Å². The number of nitrogens with two attached hydrogens (primary N) is 1. The molecule has 0 bridgehead atoms. The van der Waals surface area contributed by atoms with Gasteiger partial charge in [-0.1, -0.05) is 53.2 Å². The van der Waals surface area contributed by atoms with Crippen molar-refractivity contribution in [2.75, 3.05) is 26.2 Å². The number of methoxy groups -OCH3 is 2. The number of halogens is 1. The van der Waals surface area contributed by atoms with Crippen molar-refractivity contribution in [2.24, 2.45) is 56.0 Å². The number of hydrogen-bond acceptors (Lipinski definition) is 10. The second-order valence-electron chi connectivity index (χ2n) is 19.6. The second kappa shape index (κ2) is 16.3. The quantitative estimate of drug-likeness (QED) is 0.138. The smallest absolute Gasteiger partial charge is 0.330 e. The topological polar surface area (TPSA) is 131 Å². The Hall–Kier alpha value is -2.82. The molecule has 0 spiro atoms. The number of thioether (sulfide) groups is 1. The lowest BCUT2D eigenvalue weighted by Gasteiger charge is -2.70. The van der Waals surface area contributed by atoms with Crippen molar-refractivity contribution in [2.45, 2.75) is 125 Å². The molecule has 0 aliphatic heterocycles. The summed E-state index contributed by atoms with van der Waals surface area (Å²) in [6.45, 7) is 16.0. The van der Waals surface area contributed by atoms with Gasteiger partial charge in [0.25, 0.3) is 0 Å². The van der Waals surface area contributed by atoms with Gasteiger partial charge in [0, 0.05) is 17.4 Å². The third kappa shape index (κ3) is 7.62. The highest BCUT2D eigenvalue weighted by Gasteiger charge is 2.70. The number of ether oxygens (including phenoxy) is 4. The van der Waals surface area contributed by atoms with Crippen LogP contribution in [0.5, 0.6) is 11.5 Å². The Morgan fingerprint density at radius 1 is 0.947 bits per heavy atom. The van der Waals surface area contributed by atoms with E-state index in [0.717, 1.165) is 44.3 Å². The number of fused-ring (bicyclic) bond motifs is 7. The first kappa shape index (κ1) is 45.3. The fraction of sp³-hybridized carbons (Fsp3) is 0.696. The molecule has 0 unspecified atom stereocenters. The van der Waals surface area contributed by atoms with Crippen LogP contribution in [0.2, 0.25) is 0 Å². The minimum Gasteiger partial charge on any atom is -0.493 e. The molecule has 1 aromatic rings. The summed E-state index contributed by atoms with van der Waals surface area (Å²) in [5.74, 6) is 0.753. The van der Waals surface area contributed by atoms with E-state index >= 15 is 0 Å². The first-order valence-corrected chi connectivity index (χ1v) is 22.0. The average molecular weight is 829 g/mol. The molecule has 4 saturated carbocycles. The van der Waals surface area contributed by atoms with E-state index in [2.05, 4.69) is 41.5 Å². The Balaban J connectivity index is 0.00000620. The molecule has 5 aliphatic carbocycles. The minimum absolute atomic E-state index is 0. The third-order valence-corrected chi connectivity index (χ3v) is 16.8. The number of ketones is 1. The Bertz CT molecular complexity index is 1810. The molecule has 316 valence electrons. The summed E-state index contributed by atoms with van der Waals surface area (Å²) in [7, 11) is 2.86. The van der Waals surface area contributed by atoms with E-state index in [1.807, 2.05) is 19.3 Å². The molecule has 5 aliphatic rings. The zero-order valence-corrected chi connectivity index (χ0v) is 37.4. The van der Waals surface area contributed by atoms with Gasteiger partial charge in [0.2, 0.25) is 0 Å². The van der Waals surface area contributed by atoms with E-state index in [1.54, 1.807) is 36.0 Å². The summed E-state index contributed by atoms with van der Waals surface area (Å²) >= 11 is 1.67. The van der Waals surface area contributed by atoms with E-state index in [9.17, 15) is 19.2 Å². The fourth-order valence-corrected chi connectivity index (χ4v) is 13.0. The number of carbonyl (C=O) groups excluding carboxylic acids is 4. The number of allylic oxidation sites excluding steroid dienone is 2. The molecule has 0 aromatic heterocycles. The predicted molar refractivity (Wildman–Crippen MR) is 227 cm³/mol. The normalized spacial score (nSPS) is 37.2. The summed E-state index contributed by atoms with van der Waals surface area (Å²) in [5, 5.41) is 0. The summed E-state index contributed by atoms with van der Waals surface area (Å²) in [4.78, 5) is 54.1. The molecule has 2 N–H and O–H groups in total. The van der Waals surface area contributed by atoms with Crippen molar-refractivity contribution in [1.29, 1.82) is 0 Å². The van der Waals surface area contributed by atoms with Crippen molar-refractivity contribution in [3.63, 3.8) is 0 Å². The van der Waals surface area contributed by atoms with Crippen LogP contribution < -0.4 is 15.2 Å². The van der Waals surface area contributed by atoms with Gasteiger partial charge in [-0.2, -0.15) is 11.8 Å². The van der Waals surface area contributed by atoms with Crippen LogP contribution in [-0.4, -0.2) is 62.1 Å². The average Bonchev–Trinajstić information content (AvgIpc) is 3.15. The summed E-state index contributed by atoms with van der Waals surface area (Å²) in [6.07, 6.45) is 14.9. The maximum atomic E-state index is 15.0. The first-order valence-electron chi connectivity index (χ1n) is 20.6. The SMILES string of the molecule is COC(=O)/C=C/c1ccc(OC)c(OC(=O)[C@@]2(C)CC[C@]3(C)CC[C@]4(C)C(=CC(=O)[C@@H]5[C@@]6(C)CC[C@H](OC(=O)[C@@H](N)CCSC)C(C)(C)[C@@H]6CC[C@]54C)[C@H]3C2)c1.Cl. The van der Waals surface area contributed by atoms with Crippen molar-refractivity contribution in [1.82, 2.24) is 0 Å². The molecule has 0 saturated heterocycles. The number of esters is 3. The van der Waals surface area contributed by atoms with Gasteiger partial charge in [0.1, 0.15) is 12.1 Å². The summed E-state index contributed by atoms with van der Waals surface area (Å²) in [5.41, 5.74) is 6.27. The number of benzene rings is 1. The monoisotopic (exact) mass is 827 g/mol. The number of rotatable bonds is 10. The first-order chi connectivity index (χ1) is 26.2. The van der Waals surface area contributed by atoms with Crippen LogP contribution in [0, 0.1) is 50.2 Å². The molecule has 0 amide bonds. The molecule has 0 radical (unpaired) electrons. The molecule has 1 aromatic carbocycles. The highest BCUT2D eigenvalue weighted by molar-refractivity contribution is 7.98. The molecule has 0 heterocycles. The highest BCUT2D eigenvalue weighted by Crippen LogP contribution is 2.75. The highest BCUT2D eigenvalue weighted by atomic mass is 35.5. The molecule has 10 atom stereocenters.